The summed E-state index contributed by atoms with van der Waals surface area (Å²) in [5.74, 6) is 1.000. The van der Waals surface area contributed by atoms with Crippen LogP contribution in [-0.4, -0.2) is 29.5 Å². The molecule has 6 nitrogen and oxygen atoms in total. The quantitative estimate of drug-likeness (QED) is 0.606. The number of rotatable bonds is 8. The van der Waals surface area contributed by atoms with E-state index in [0.717, 1.165) is 23.3 Å². The van der Waals surface area contributed by atoms with Gasteiger partial charge >= 0.3 is 0 Å². The third kappa shape index (κ3) is 5.44. The van der Waals surface area contributed by atoms with E-state index in [1.165, 1.54) is 0 Å². The second kappa shape index (κ2) is 9.71. The second-order valence-electron chi connectivity index (χ2n) is 6.06. The molecule has 0 radical (unpaired) electrons. The number of hydrogen-bond donors (Lipinski definition) is 2. The van der Waals surface area contributed by atoms with Crippen LogP contribution in [0.1, 0.15) is 21.6 Å². The van der Waals surface area contributed by atoms with Gasteiger partial charge < -0.3 is 15.4 Å². The molecular weight excluding hydrogens is 376 g/mol. The molecule has 0 spiro atoms. The van der Waals surface area contributed by atoms with Crippen molar-refractivity contribution in [1.29, 1.82) is 0 Å². The van der Waals surface area contributed by atoms with Gasteiger partial charge in [-0.05, 0) is 41.8 Å². The van der Waals surface area contributed by atoms with Gasteiger partial charge in [-0.25, -0.2) is 9.97 Å². The Morgan fingerprint density at radius 2 is 1.89 bits per heavy atom. The maximum absolute atomic E-state index is 12.3. The van der Waals surface area contributed by atoms with Crippen molar-refractivity contribution in [3.8, 4) is 5.75 Å². The van der Waals surface area contributed by atoms with Crippen molar-refractivity contribution in [1.82, 2.24) is 15.3 Å². The van der Waals surface area contributed by atoms with E-state index in [1.807, 2.05) is 36.4 Å². The Bertz CT molecular complexity index is 932. The number of carbonyl (C=O) groups excluding carboxylic acids is 1. The van der Waals surface area contributed by atoms with Crippen molar-refractivity contribution in [2.45, 2.75) is 13.0 Å². The minimum atomic E-state index is -0.259. The van der Waals surface area contributed by atoms with E-state index in [1.54, 1.807) is 31.5 Å². The average molecular weight is 397 g/mol. The Hall–Kier alpha value is -3.12. The number of nitrogens with one attached hydrogen (secondary N) is 2. The van der Waals surface area contributed by atoms with Gasteiger partial charge in [-0.2, -0.15) is 0 Å². The Labute approximate surface area is 168 Å². The fourth-order valence-electron chi connectivity index (χ4n) is 2.66. The van der Waals surface area contributed by atoms with Crippen molar-refractivity contribution in [2.75, 3.05) is 19.0 Å². The first kappa shape index (κ1) is 19.6. The highest BCUT2D eigenvalue weighted by atomic mass is 35.5. The summed E-state index contributed by atoms with van der Waals surface area (Å²) in [6.07, 6.45) is 2.32. The van der Waals surface area contributed by atoms with Crippen LogP contribution in [-0.2, 0) is 13.0 Å². The Balaban J connectivity index is 1.54. The summed E-state index contributed by atoms with van der Waals surface area (Å²) in [4.78, 5) is 20.8. The van der Waals surface area contributed by atoms with Crippen LogP contribution in [0.15, 0.2) is 60.8 Å². The molecule has 0 atom stereocenters. The van der Waals surface area contributed by atoms with Crippen LogP contribution in [0.3, 0.4) is 0 Å². The van der Waals surface area contributed by atoms with Crippen LogP contribution in [0.5, 0.6) is 5.75 Å². The van der Waals surface area contributed by atoms with E-state index in [-0.39, 0.29) is 5.91 Å². The van der Waals surface area contributed by atoms with Crippen LogP contribution >= 0.6 is 11.6 Å². The highest BCUT2D eigenvalue weighted by molar-refractivity contribution is 6.30. The molecule has 0 saturated carbocycles. The van der Waals surface area contributed by atoms with Crippen molar-refractivity contribution < 1.29 is 9.53 Å². The third-order valence-corrected chi connectivity index (χ3v) is 4.38. The first-order valence-electron chi connectivity index (χ1n) is 8.87. The molecule has 3 aromatic rings. The van der Waals surface area contributed by atoms with Crippen LogP contribution in [0.25, 0.3) is 0 Å². The molecule has 144 valence electrons. The highest BCUT2D eigenvalue weighted by Gasteiger charge is 2.09. The van der Waals surface area contributed by atoms with Gasteiger partial charge in [-0.1, -0.05) is 41.9 Å². The highest BCUT2D eigenvalue weighted by Crippen LogP contribution is 2.17. The fraction of sp³-hybridized carbons (Fsp3) is 0.190. The molecular formula is C21H21ClN4O2. The van der Waals surface area contributed by atoms with E-state index >= 15 is 0 Å². The lowest BCUT2D eigenvalue weighted by molar-refractivity contribution is 0.0946. The standard InChI is InChI=1S/C21H21ClN4O2/c1-28-19-5-3-2-4-16(19)10-12-23-21-24-13-11-18(26-21)20(27)25-14-15-6-8-17(22)9-7-15/h2-9,11,13H,10,12,14H2,1H3,(H,25,27)(H,23,24,26). The zero-order chi connectivity index (χ0) is 19.8. The fourth-order valence-corrected chi connectivity index (χ4v) is 2.79. The molecule has 28 heavy (non-hydrogen) atoms. The SMILES string of the molecule is COc1ccccc1CCNc1nccc(C(=O)NCc2ccc(Cl)cc2)n1. The molecule has 1 amide bonds. The summed E-state index contributed by atoms with van der Waals surface area (Å²) < 4.78 is 5.35. The van der Waals surface area contributed by atoms with Gasteiger partial charge in [0.2, 0.25) is 5.95 Å². The van der Waals surface area contributed by atoms with E-state index < -0.39 is 0 Å². The summed E-state index contributed by atoms with van der Waals surface area (Å²) in [7, 11) is 1.65. The van der Waals surface area contributed by atoms with Crippen LogP contribution in [0.4, 0.5) is 5.95 Å². The summed E-state index contributed by atoms with van der Waals surface area (Å²) >= 11 is 5.87. The molecule has 0 aliphatic carbocycles. The molecule has 0 aliphatic heterocycles. The molecule has 0 bridgehead atoms. The molecule has 7 heteroatoms. The predicted octanol–water partition coefficient (Wildman–Crippen LogP) is 3.72. The Kier molecular flexibility index (Phi) is 6.81. The molecule has 2 aromatic carbocycles. The normalized spacial score (nSPS) is 10.4. The van der Waals surface area contributed by atoms with Crippen molar-refractivity contribution in [3.63, 3.8) is 0 Å². The molecule has 2 N–H and O–H groups in total. The van der Waals surface area contributed by atoms with Crippen molar-refractivity contribution in [3.05, 3.63) is 82.6 Å². The minimum Gasteiger partial charge on any atom is -0.496 e. The summed E-state index contributed by atoms with van der Waals surface area (Å²) in [5.41, 5.74) is 2.36. The second-order valence-corrected chi connectivity index (χ2v) is 6.50. The topological polar surface area (TPSA) is 76.1 Å². The number of ether oxygens (including phenoxy) is 1. The number of carbonyl (C=O) groups is 1. The zero-order valence-electron chi connectivity index (χ0n) is 15.5. The van der Waals surface area contributed by atoms with E-state index in [2.05, 4.69) is 20.6 Å². The number of hydrogen-bond acceptors (Lipinski definition) is 5. The van der Waals surface area contributed by atoms with E-state index in [0.29, 0.717) is 29.8 Å². The molecule has 1 aromatic heterocycles. The first-order valence-corrected chi connectivity index (χ1v) is 9.25. The summed E-state index contributed by atoms with van der Waals surface area (Å²) in [5, 5.41) is 6.65. The summed E-state index contributed by atoms with van der Waals surface area (Å²) in [6, 6.07) is 16.8. The molecule has 0 aliphatic rings. The number of anilines is 1. The summed E-state index contributed by atoms with van der Waals surface area (Å²) in [6.45, 7) is 1.02. The first-order chi connectivity index (χ1) is 13.7. The van der Waals surface area contributed by atoms with Crippen molar-refractivity contribution >= 4 is 23.5 Å². The van der Waals surface area contributed by atoms with Gasteiger partial charge in [-0.15, -0.1) is 0 Å². The van der Waals surface area contributed by atoms with Crippen molar-refractivity contribution in [2.24, 2.45) is 0 Å². The molecule has 0 unspecified atom stereocenters. The minimum absolute atomic E-state index is 0.259. The lowest BCUT2D eigenvalue weighted by Crippen LogP contribution is -2.24. The Morgan fingerprint density at radius 3 is 2.68 bits per heavy atom. The van der Waals surface area contributed by atoms with Crippen LogP contribution in [0, 0.1) is 0 Å². The van der Waals surface area contributed by atoms with Gasteiger partial charge in [0.1, 0.15) is 11.4 Å². The number of para-hydroxylation sites is 1. The molecule has 0 saturated heterocycles. The molecule has 3 rings (SSSR count). The maximum Gasteiger partial charge on any atom is 0.270 e. The number of halogens is 1. The smallest absolute Gasteiger partial charge is 0.270 e. The van der Waals surface area contributed by atoms with Gasteiger partial charge in [0, 0.05) is 24.3 Å². The van der Waals surface area contributed by atoms with E-state index in [9.17, 15) is 4.79 Å². The van der Waals surface area contributed by atoms with Gasteiger partial charge in [0.05, 0.1) is 7.11 Å². The average Bonchev–Trinajstić information content (AvgIpc) is 2.73. The van der Waals surface area contributed by atoms with Crippen LogP contribution < -0.4 is 15.4 Å². The molecule has 0 fully saturated rings. The monoisotopic (exact) mass is 396 g/mol. The Morgan fingerprint density at radius 1 is 1.11 bits per heavy atom. The number of benzene rings is 2. The van der Waals surface area contributed by atoms with E-state index in [4.69, 9.17) is 16.3 Å². The van der Waals surface area contributed by atoms with Crippen LogP contribution in [0.2, 0.25) is 5.02 Å². The molecule has 1 heterocycles. The number of methoxy groups -OCH3 is 1. The van der Waals surface area contributed by atoms with Gasteiger partial charge in [0.25, 0.3) is 5.91 Å². The lowest BCUT2D eigenvalue weighted by atomic mass is 10.1. The van der Waals surface area contributed by atoms with Gasteiger partial charge in [-0.3, -0.25) is 4.79 Å². The number of amides is 1. The lowest BCUT2D eigenvalue weighted by Gasteiger charge is -2.10. The number of nitrogens with zero attached hydrogens (tertiary/aromatic N) is 2. The third-order valence-electron chi connectivity index (χ3n) is 4.12. The number of aromatic nitrogens is 2. The predicted molar refractivity (Wildman–Crippen MR) is 110 cm³/mol. The largest absolute Gasteiger partial charge is 0.496 e. The zero-order valence-corrected chi connectivity index (χ0v) is 16.2. The maximum atomic E-state index is 12.3. The van der Waals surface area contributed by atoms with Gasteiger partial charge in [0.15, 0.2) is 0 Å².